The molecular formula is C15H11N5O2S2. The van der Waals surface area contributed by atoms with Gasteiger partial charge in [0.25, 0.3) is 5.89 Å². The Hall–Kier alpha value is -2.52. The second kappa shape index (κ2) is 6.54. The van der Waals surface area contributed by atoms with Crippen LogP contribution in [-0.4, -0.2) is 25.6 Å². The van der Waals surface area contributed by atoms with Crippen molar-refractivity contribution in [1.29, 1.82) is 0 Å². The molecule has 0 spiro atoms. The van der Waals surface area contributed by atoms with E-state index in [1.165, 1.54) is 23.1 Å². The zero-order valence-corrected chi connectivity index (χ0v) is 14.2. The molecule has 4 rings (SSSR count). The predicted molar refractivity (Wildman–Crippen MR) is 89.4 cm³/mol. The molecule has 1 aromatic carbocycles. The van der Waals surface area contributed by atoms with Gasteiger partial charge in [0.2, 0.25) is 5.89 Å². The number of benzene rings is 1. The Morgan fingerprint density at radius 2 is 2.00 bits per heavy atom. The molecule has 0 bridgehead atoms. The van der Waals surface area contributed by atoms with Gasteiger partial charge in [0.15, 0.2) is 4.34 Å². The molecule has 24 heavy (non-hydrogen) atoms. The van der Waals surface area contributed by atoms with Crippen molar-refractivity contribution in [2.24, 2.45) is 0 Å². The van der Waals surface area contributed by atoms with Crippen molar-refractivity contribution in [2.45, 2.75) is 17.0 Å². The number of thioether (sulfide) groups is 1. The summed E-state index contributed by atoms with van der Waals surface area (Å²) in [6.45, 7) is 1.83. The van der Waals surface area contributed by atoms with E-state index in [0.717, 1.165) is 15.5 Å². The number of aryl methyl sites for hydroxylation is 1. The Balaban J connectivity index is 1.62. The number of nitrogens with zero attached hydrogens (tertiary/aromatic N) is 5. The van der Waals surface area contributed by atoms with Crippen LogP contribution >= 0.6 is 23.1 Å². The molecule has 0 saturated carbocycles. The fraction of sp³-hybridized carbons (Fsp3) is 0.133. The van der Waals surface area contributed by atoms with Crippen molar-refractivity contribution in [3.05, 3.63) is 47.5 Å². The van der Waals surface area contributed by atoms with E-state index in [1.54, 1.807) is 5.51 Å². The average molecular weight is 357 g/mol. The summed E-state index contributed by atoms with van der Waals surface area (Å²) in [5.41, 5.74) is 4.04. The lowest BCUT2D eigenvalue weighted by molar-refractivity contribution is 0.399. The molecule has 0 aliphatic rings. The Morgan fingerprint density at radius 1 is 1.12 bits per heavy atom. The lowest BCUT2D eigenvalue weighted by Crippen LogP contribution is -1.84. The summed E-state index contributed by atoms with van der Waals surface area (Å²) in [5.74, 6) is 2.10. The molecule has 9 heteroatoms. The maximum absolute atomic E-state index is 5.78. The molecule has 0 unspecified atom stereocenters. The van der Waals surface area contributed by atoms with Gasteiger partial charge in [-0.15, -0.1) is 20.4 Å². The molecular weight excluding hydrogens is 346 g/mol. The Kier molecular flexibility index (Phi) is 4.09. The second-order valence-electron chi connectivity index (χ2n) is 4.82. The minimum Gasteiger partial charge on any atom is -0.420 e. The summed E-state index contributed by atoms with van der Waals surface area (Å²) in [5, 5.41) is 20.1. The third-order valence-corrected chi connectivity index (χ3v) is 5.09. The van der Waals surface area contributed by atoms with E-state index < -0.39 is 0 Å². The first-order chi connectivity index (χ1) is 11.8. The van der Waals surface area contributed by atoms with Crippen molar-refractivity contribution in [1.82, 2.24) is 25.6 Å². The Labute approximate surface area is 145 Å². The Morgan fingerprint density at radius 3 is 2.79 bits per heavy atom. The summed E-state index contributed by atoms with van der Waals surface area (Å²) in [4.78, 5) is 0. The summed E-state index contributed by atoms with van der Waals surface area (Å²) in [6, 6.07) is 9.76. The average Bonchev–Trinajstić information content (AvgIpc) is 3.34. The predicted octanol–water partition coefficient (Wildman–Crippen LogP) is 3.84. The molecule has 0 amide bonds. The van der Waals surface area contributed by atoms with E-state index in [2.05, 4.69) is 25.6 Å². The van der Waals surface area contributed by atoms with Crippen LogP contribution in [0.1, 0.15) is 11.7 Å². The lowest BCUT2D eigenvalue weighted by atomic mass is 10.1. The summed E-state index contributed by atoms with van der Waals surface area (Å²) in [6.07, 6.45) is 0. The zero-order valence-electron chi connectivity index (χ0n) is 12.5. The molecule has 4 aromatic rings. The number of aromatic nitrogens is 5. The Bertz CT molecular complexity index is 934. The van der Waals surface area contributed by atoms with Gasteiger partial charge in [-0.2, -0.15) is 0 Å². The first kappa shape index (κ1) is 15.0. The zero-order chi connectivity index (χ0) is 16.4. The molecule has 0 N–H and O–H groups in total. The van der Waals surface area contributed by atoms with Gasteiger partial charge in [-0.05, 0) is 6.92 Å². The van der Waals surface area contributed by atoms with Crippen LogP contribution in [0.3, 0.4) is 0 Å². The molecule has 0 atom stereocenters. The van der Waals surface area contributed by atoms with Crippen LogP contribution in [0.4, 0.5) is 0 Å². The maximum atomic E-state index is 5.78. The van der Waals surface area contributed by atoms with Gasteiger partial charge in [-0.1, -0.05) is 58.6 Å². The van der Waals surface area contributed by atoms with Gasteiger partial charge in [0, 0.05) is 5.56 Å². The molecule has 3 heterocycles. The topological polar surface area (TPSA) is 90.7 Å². The van der Waals surface area contributed by atoms with E-state index in [-0.39, 0.29) is 0 Å². The van der Waals surface area contributed by atoms with Gasteiger partial charge < -0.3 is 8.94 Å². The number of hydrogen-bond acceptors (Lipinski definition) is 9. The van der Waals surface area contributed by atoms with Gasteiger partial charge in [0.05, 0.1) is 5.75 Å². The van der Waals surface area contributed by atoms with Crippen LogP contribution in [0.5, 0.6) is 0 Å². The molecule has 7 nitrogen and oxygen atoms in total. The summed E-state index contributed by atoms with van der Waals surface area (Å²) >= 11 is 2.98. The van der Waals surface area contributed by atoms with Gasteiger partial charge in [0.1, 0.15) is 22.5 Å². The normalized spacial score (nSPS) is 11.0. The van der Waals surface area contributed by atoms with Crippen LogP contribution < -0.4 is 0 Å². The molecule has 120 valence electrons. The van der Waals surface area contributed by atoms with E-state index in [0.29, 0.717) is 29.0 Å². The van der Waals surface area contributed by atoms with Crippen LogP contribution in [-0.2, 0) is 5.75 Å². The van der Waals surface area contributed by atoms with Gasteiger partial charge in [-0.3, -0.25) is 0 Å². The van der Waals surface area contributed by atoms with Crippen LogP contribution in [0.15, 0.2) is 49.1 Å². The first-order valence-electron chi connectivity index (χ1n) is 7.04. The van der Waals surface area contributed by atoms with Crippen molar-refractivity contribution in [3.8, 4) is 22.7 Å². The highest BCUT2D eigenvalue weighted by molar-refractivity contribution is 8.00. The fourth-order valence-corrected chi connectivity index (χ4v) is 3.50. The van der Waals surface area contributed by atoms with Crippen molar-refractivity contribution >= 4 is 23.1 Å². The van der Waals surface area contributed by atoms with Crippen molar-refractivity contribution in [2.75, 3.05) is 0 Å². The fourth-order valence-electron chi connectivity index (χ4n) is 2.18. The monoisotopic (exact) mass is 357 g/mol. The quantitative estimate of drug-likeness (QED) is 0.498. The molecule has 0 fully saturated rings. The van der Waals surface area contributed by atoms with Crippen LogP contribution in [0.25, 0.3) is 22.7 Å². The molecule has 3 aromatic heterocycles. The highest BCUT2D eigenvalue weighted by Gasteiger charge is 2.21. The van der Waals surface area contributed by atoms with Crippen LogP contribution in [0, 0.1) is 6.92 Å². The van der Waals surface area contributed by atoms with E-state index >= 15 is 0 Å². The van der Waals surface area contributed by atoms with E-state index in [4.69, 9.17) is 8.94 Å². The van der Waals surface area contributed by atoms with E-state index in [1.807, 2.05) is 37.3 Å². The summed E-state index contributed by atoms with van der Waals surface area (Å²) in [7, 11) is 0. The highest BCUT2D eigenvalue weighted by Crippen LogP contribution is 2.34. The first-order valence-corrected chi connectivity index (χ1v) is 8.91. The molecule has 0 aliphatic heterocycles. The SMILES string of the molecule is Cc1onc(-c2ccccc2)c1-c1nnc(CSc2nncs2)o1. The standard InChI is InChI=1S/C15H11N5O2S2/c1-9-12(13(20-22-9)10-5-3-2-4-6-10)14-18-17-11(21-14)7-23-15-19-16-8-24-15/h2-6,8H,7H2,1H3. The van der Waals surface area contributed by atoms with Gasteiger partial charge >= 0.3 is 0 Å². The lowest BCUT2D eigenvalue weighted by Gasteiger charge is -1.98. The number of rotatable bonds is 5. The third-order valence-electron chi connectivity index (χ3n) is 3.25. The maximum Gasteiger partial charge on any atom is 0.253 e. The third kappa shape index (κ3) is 2.95. The second-order valence-corrected chi connectivity index (χ2v) is 6.88. The number of hydrogen-bond donors (Lipinski definition) is 0. The van der Waals surface area contributed by atoms with Gasteiger partial charge in [-0.25, -0.2) is 0 Å². The summed E-state index contributed by atoms with van der Waals surface area (Å²) < 4.78 is 12.0. The largest absolute Gasteiger partial charge is 0.420 e. The minimum atomic E-state index is 0.403. The van der Waals surface area contributed by atoms with Crippen molar-refractivity contribution in [3.63, 3.8) is 0 Å². The highest BCUT2D eigenvalue weighted by atomic mass is 32.2. The van der Waals surface area contributed by atoms with E-state index in [9.17, 15) is 0 Å². The smallest absolute Gasteiger partial charge is 0.253 e. The van der Waals surface area contributed by atoms with Crippen LogP contribution in [0.2, 0.25) is 0 Å². The van der Waals surface area contributed by atoms with Crippen molar-refractivity contribution < 1.29 is 8.94 Å². The molecule has 0 saturated heterocycles. The minimum absolute atomic E-state index is 0.403. The molecule has 0 aliphatic carbocycles. The molecule has 0 radical (unpaired) electrons.